The third kappa shape index (κ3) is 5.20. The number of unbranched alkanes of at least 4 members (excludes halogenated alkanes) is 2. The molecule has 110 valence electrons. The molecule has 0 spiro atoms. The smallest absolute Gasteiger partial charge is 0.134 e. The quantitative estimate of drug-likeness (QED) is 0.701. The molecule has 0 unspecified atom stereocenters. The lowest BCUT2D eigenvalue weighted by Crippen LogP contribution is -2.13. The molecule has 1 N–H and O–H groups in total. The molecule has 20 heavy (non-hydrogen) atoms. The van der Waals surface area contributed by atoms with Crippen LogP contribution in [0.25, 0.3) is 11.3 Å². The zero-order valence-electron chi connectivity index (χ0n) is 11.7. The van der Waals surface area contributed by atoms with Gasteiger partial charge < -0.3 is 9.73 Å². The highest BCUT2D eigenvalue weighted by molar-refractivity contribution is 6.30. The van der Waals surface area contributed by atoms with E-state index in [1.54, 1.807) is 0 Å². The van der Waals surface area contributed by atoms with Crippen LogP contribution in [-0.4, -0.2) is 6.54 Å². The van der Waals surface area contributed by atoms with Crippen LogP contribution < -0.4 is 5.32 Å². The van der Waals surface area contributed by atoms with Gasteiger partial charge >= 0.3 is 0 Å². The fourth-order valence-electron chi connectivity index (χ4n) is 1.95. The van der Waals surface area contributed by atoms with Crippen LogP contribution >= 0.6 is 24.0 Å². The van der Waals surface area contributed by atoms with E-state index in [0.717, 1.165) is 35.2 Å². The van der Waals surface area contributed by atoms with E-state index >= 15 is 0 Å². The maximum atomic E-state index is 5.87. The molecule has 1 heterocycles. The SMILES string of the molecule is CCCCCNCc1ccc(-c2ccc(Cl)cc2)o1.Cl. The minimum atomic E-state index is 0. The van der Waals surface area contributed by atoms with E-state index in [-0.39, 0.29) is 12.4 Å². The van der Waals surface area contributed by atoms with Crippen molar-refractivity contribution in [1.82, 2.24) is 5.32 Å². The van der Waals surface area contributed by atoms with E-state index in [1.165, 1.54) is 19.3 Å². The topological polar surface area (TPSA) is 25.2 Å². The molecule has 0 fully saturated rings. The molecule has 4 heteroatoms. The van der Waals surface area contributed by atoms with Crippen molar-refractivity contribution in [2.45, 2.75) is 32.7 Å². The Morgan fingerprint density at radius 1 is 1.05 bits per heavy atom. The molecule has 2 aromatic rings. The van der Waals surface area contributed by atoms with E-state index in [4.69, 9.17) is 16.0 Å². The molecule has 0 aliphatic carbocycles. The fraction of sp³-hybridized carbons (Fsp3) is 0.375. The second kappa shape index (κ2) is 9.06. The molecule has 0 bridgehead atoms. The number of hydrogen-bond donors (Lipinski definition) is 1. The summed E-state index contributed by atoms with van der Waals surface area (Å²) in [4.78, 5) is 0. The molecule has 1 aromatic carbocycles. The summed E-state index contributed by atoms with van der Waals surface area (Å²) >= 11 is 5.87. The summed E-state index contributed by atoms with van der Waals surface area (Å²) in [5.74, 6) is 1.86. The van der Waals surface area contributed by atoms with Crippen molar-refractivity contribution in [2.75, 3.05) is 6.54 Å². The Kier molecular flexibility index (Phi) is 7.75. The van der Waals surface area contributed by atoms with Gasteiger partial charge in [0.1, 0.15) is 11.5 Å². The van der Waals surface area contributed by atoms with Crippen molar-refractivity contribution >= 4 is 24.0 Å². The van der Waals surface area contributed by atoms with Crippen LogP contribution in [0.15, 0.2) is 40.8 Å². The van der Waals surface area contributed by atoms with E-state index in [2.05, 4.69) is 12.2 Å². The van der Waals surface area contributed by atoms with Gasteiger partial charge in [0.2, 0.25) is 0 Å². The highest BCUT2D eigenvalue weighted by Gasteiger charge is 2.04. The Labute approximate surface area is 131 Å². The molecule has 0 saturated carbocycles. The third-order valence-electron chi connectivity index (χ3n) is 3.05. The summed E-state index contributed by atoms with van der Waals surface area (Å²) < 4.78 is 5.81. The van der Waals surface area contributed by atoms with E-state index in [9.17, 15) is 0 Å². The predicted octanol–water partition coefficient (Wildman–Crippen LogP) is 5.30. The molecule has 1 aromatic heterocycles. The van der Waals surface area contributed by atoms with Gasteiger partial charge in [0.05, 0.1) is 6.54 Å². The first-order valence-electron chi connectivity index (χ1n) is 6.85. The Morgan fingerprint density at radius 2 is 1.80 bits per heavy atom. The minimum absolute atomic E-state index is 0. The number of furan rings is 1. The van der Waals surface area contributed by atoms with Crippen molar-refractivity contribution in [2.24, 2.45) is 0 Å². The molecule has 2 nitrogen and oxygen atoms in total. The lowest BCUT2D eigenvalue weighted by Gasteiger charge is -2.01. The summed E-state index contributed by atoms with van der Waals surface area (Å²) in [6.45, 7) is 4.05. The Balaban J connectivity index is 0.00000200. The second-order valence-corrected chi connectivity index (χ2v) is 5.09. The molecule has 0 radical (unpaired) electrons. The second-order valence-electron chi connectivity index (χ2n) is 4.66. The van der Waals surface area contributed by atoms with E-state index < -0.39 is 0 Å². The van der Waals surface area contributed by atoms with Gasteiger partial charge in [0.25, 0.3) is 0 Å². The van der Waals surface area contributed by atoms with Gasteiger partial charge in [-0.2, -0.15) is 0 Å². The van der Waals surface area contributed by atoms with Gasteiger partial charge in [-0.1, -0.05) is 31.4 Å². The average Bonchev–Trinajstić information content (AvgIpc) is 2.88. The maximum absolute atomic E-state index is 5.87. The van der Waals surface area contributed by atoms with Crippen LogP contribution in [0.2, 0.25) is 5.02 Å². The largest absolute Gasteiger partial charge is 0.460 e. The number of hydrogen-bond acceptors (Lipinski definition) is 2. The van der Waals surface area contributed by atoms with Crippen molar-refractivity contribution in [1.29, 1.82) is 0 Å². The lowest BCUT2D eigenvalue weighted by molar-refractivity contribution is 0.488. The zero-order chi connectivity index (χ0) is 13.5. The van der Waals surface area contributed by atoms with Crippen LogP contribution in [0.3, 0.4) is 0 Å². The van der Waals surface area contributed by atoms with E-state index in [0.29, 0.717) is 0 Å². The van der Waals surface area contributed by atoms with Gasteiger partial charge in [-0.25, -0.2) is 0 Å². The summed E-state index contributed by atoms with van der Waals surface area (Å²) in [7, 11) is 0. The van der Waals surface area contributed by atoms with Crippen LogP contribution in [0.1, 0.15) is 31.9 Å². The molecule has 0 amide bonds. The molecular formula is C16H21Cl2NO. The standard InChI is InChI=1S/C16H20ClNO.ClH/c1-2-3-4-11-18-12-15-9-10-16(19-15)13-5-7-14(17)8-6-13;/h5-10,18H,2-4,11-12H2,1H3;1H. The highest BCUT2D eigenvalue weighted by Crippen LogP contribution is 2.23. The molecule has 0 atom stereocenters. The van der Waals surface area contributed by atoms with Crippen molar-refractivity contribution in [3.05, 3.63) is 47.2 Å². The summed E-state index contributed by atoms with van der Waals surface area (Å²) in [6, 6.07) is 11.7. The van der Waals surface area contributed by atoms with Gasteiger partial charge in [-0.05, 0) is 49.4 Å². The number of rotatable bonds is 7. The van der Waals surface area contributed by atoms with Crippen molar-refractivity contribution < 1.29 is 4.42 Å². The molecule has 2 rings (SSSR count). The van der Waals surface area contributed by atoms with Gasteiger partial charge in [-0.15, -0.1) is 12.4 Å². The third-order valence-corrected chi connectivity index (χ3v) is 3.30. The predicted molar refractivity (Wildman–Crippen MR) is 87.6 cm³/mol. The first-order valence-corrected chi connectivity index (χ1v) is 7.23. The fourth-order valence-corrected chi connectivity index (χ4v) is 2.08. The summed E-state index contributed by atoms with van der Waals surface area (Å²) in [5, 5.41) is 4.14. The first kappa shape index (κ1) is 17.1. The lowest BCUT2D eigenvalue weighted by atomic mass is 10.2. The number of nitrogens with one attached hydrogen (secondary N) is 1. The normalized spacial score (nSPS) is 10.3. The van der Waals surface area contributed by atoms with E-state index in [1.807, 2.05) is 36.4 Å². The Morgan fingerprint density at radius 3 is 2.50 bits per heavy atom. The Hall–Kier alpha value is -0.960. The average molecular weight is 314 g/mol. The van der Waals surface area contributed by atoms with Gasteiger partial charge in [-0.3, -0.25) is 0 Å². The highest BCUT2D eigenvalue weighted by atomic mass is 35.5. The van der Waals surface area contributed by atoms with Gasteiger partial charge in [0.15, 0.2) is 0 Å². The monoisotopic (exact) mass is 313 g/mol. The van der Waals surface area contributed by atoms with Crippen LogP contribution in [0.4, 0.5) is 0 Å². The molecule has 0 aliphatic heterocycles. The van der Waals surface area contributed by atoms with Crippen LogP contribution in [0, 0.1) is 0 Å². The molecular weight excluding hydrogens is 293 g/mol. The van der Waals surface area contributed by atoms with Crippen LogP contribution in [-0.2, 0) is 6.54 Å². The number of benzene rings is 1. The van der Waals surface area contributed by atoms with Crippen LogP contribution in [0.5, 0.6) is 0 Å². The minimum Gasteiger partial charge on any atom is -0.460 e. The van der Waals surface area contributed by atoms with Crippen molar-refractivity contribution in [3.8, 4) is 11.3 Å². The summed E-state index contributed by atoms with van der Waals surface area (Å²) in [6.07, 6.45) is 3.76. The Bertz CT molecular complexity index is 493. The zero-order valence-corrected chi connectivity index (χ0v) is 13.3. The van der Waals surface area contributed by atoms with Gasteiger partial charge in [0, 0.05) is 10.6 Å². The maximum Gasteiger partial charge on any atom is 0.134 e. The first-order chi connectivity index (χ1) is 9.29. The van der Waals surface area contributed by atoms with Crippen molar-refractivity contribution in [3.63, 3.8) is 0 Å². The number of halogens is 2. The summed E-state index contributed by atoms with van der Waals surface area (Å²) in [5.41, 5.74) is 1.06. The molecule has 0 aliphatic rings. The molecule has 0 saturated heterocycles.